The minimum absolute atomic E-state index is 0.0904. The van der Waals surface area contributed by atoms with Crippen molar-refractivity contribution in [1.29, 1.82) is 0 Å². The molecule has 1 unspecified atom stereocenters. The van der Waals surface area contributed by atoms with Crippen LogP contribution in [-0.2, 0) is 30.3 Å². The lowest BCUT2D eigenvalue weighted by Gasteiger charge is -2.31. The van der Waals surface area contributed by atoms with Crippen molar-refractivity contribution >= 4 is 29.4 Å². The van der Waals surface area contributed by atoms with Crippen LogP contribution < -0.4 is 4.74 Å². The van der Waals surface area contributed by atoms with Crippen LogP contribution in [0.2, 0.25) is 0 Å². The molecule has 0 spiro atoms. The molecule has 11 heteroatoms. The Labute approximate surface area is 195 Å². The van der Waals surface area contributed by atoms with Gasteiger partial charge in [0, 0.05) is 48.8 Å². The van der Waals surface area contributed by atoms with E-state index in [1.165, 1.54) is 50.4 Å². The molecular weight excluding hydrogens is 448 g/mol. The normalized spacial score (nSPS) is 11.9. The molecule has 1 heterocycles. The SMILES string of the molecule is CC(=O)OCC(C)(C)C(OC(C)=O)C(=O)c1cc[nH]c1CCC(=O)Oc1ccc([N+](=O)[O-])cc1. The van der Waals surface area contributed by atoms with Crippen molar-refractivity contribution in [2.24, 2.45) is 5.41 Å². The predicted octanol–water partition coefficient (Wildman–Crippen LogP) is 3.16. The summed E-state index contributed by atoms with van der Waals surface area (Å²) >= 11 is 0. The fourth-order valence-corrected chi connectivity index (χ4v) is 3.13. The van der Waals surface area contributed by atoms with Gasteiger partial charge in [-0.2, -0.15) is 0 Å². The number of nitro benzene ring substituents is 1. The number of aromatic amines is 1. The van der Waals surface area contributed by atoms with Crippen LogP contribution in [0.4, 0.5) is 5.69 Å². The highest BCUT2D eigenvalue weighted by atomic mass is 16.6. The molecule has 1 aromatic heterocycles. The molecule has 0 radical (unpaired) electrons. The number of ether oxygens (including phenoxy) is 3. The number of esters is 3. The monoisotopic (exact) mass is 474 g/mol. The van der Waals surface area contributed by atoms with Crippen LogP contribution in [0.1, 0.15) is 50.2 Å². The van der Waals surface area contributed by atoms with E-state index in [1.54, 1.807) is 13.8 Å². The van der Waals surface area contributed by atoms with Gasteiger partial charge in [-0.25, -0.2) is 0 Å². The average Bonchev–Trinajstić information content (AvgIpc) is 3.23. The highest BCUT2D eigenvalue weighted by molar-refractivity contribution is 6.02. The Morgan fingerprint density at radius 3 is 2.26 bits per heavy atom. The molecule has 0 aliphatic heterocycles. The number of Topliss-reactive ketones (excluding diaryl/α,β-unsaturated/α-hetero) is 1. The molecule has 0 saturated heterocycles. The van der Waals surface area contributed by atoms with Crippen molar-refractivity contribution < 1.29 is 38.3 Å². The maximum absolute atomic E-state index is 13.3. The number of nitro groups is 1. The van der Waals surface area contributed by atoms with Gasteiger partial charge in [0.05, 0.1) is 11.3 Å². The van der Waals surface area contributed by atoms with E-state index in [1.807, 2.05) is 0 Å². The second kappa shape index (κ2) is 11.2. The van der Waals surface area contributed by atoms with E-state index in [0.717, 1.165) is 0 Å². The standard InChI is InChI=1S/C23H26N2O9/c1-14(26)32-13-23(3,4)22(33-15(2)27)21(29)18-11-12-24-19(18)9-10-20(28)34-17-7-5-16(6-8-17)25(30)31/h5-8,11-12,22,24H,9-10,13H2,1-4H3. The van der Waals surface area contributed by atoms with Crippen molar-refractivity contribution in [3.05, 3.63) is 57.9 Å². The summed E-state index contributed by atoms with van der Waals surface area (Å²) in [4.78, 5) is 61.4. The van der Waals surface area contributed by atoms with Gasteiger partial charge in [0.15, 0.2) is 6.10 Å². The third kappa shape index (κ3) is 7.26. The van der Waals surface area contributed by atoms with Crippen LogP contribution in [0.5, 0.6) is 5.75 Å². The zero-order valence-corrected chi connectivity index (χ0v) is 19.3. The van der Waals surface area contributed by atoms with Crippen LogP contribution in [-0.4, -0.2) is 46.3 Å². The molecule has 0 saturated carbocycles. The number of nitrogens with zero attached hydrogens (tertiary/aromatic N) is 1. The maximum Gasteiger partial charge on any atom is 0.311 e. The van der Waals surface area contributed by atoms with Gasteiger partial charge in [-0.3, -0.25) is 29.3 Å². The summed E-state index contributed by atoms with van der Waals surface area (Å²) in [6.07, 6.45) is 0.323. The molecule has 1 N–H and O–H groups in total. The van der Waals surface area contributed by atoms with Crippen molar-refractivity contribution in [1.82, 2.24) is 4.98 Å². The van der Waals surface area contributed by atoms with E-state index in [0.29, 0.717) is 5.69 Å². The summed E-state index contributed by atoms with van der Waals surface area (Å²) in [5, 5.41) is 10.7. The maximum atomic E-state index is 13.3. The number of nitrogens with one attached hydrogen (secondary N) is 1. The Kier molecular flexibility index (Phi) is 8.65. The summed E-state index contributed by atoms with van der Waals surface area (Å²) in [5.41, 5.74) is -0.484. The molecule has 182 valence electrons. The van der Waals surface area contributed by atoms with Crippen LogP contribution in [0.25, 0.3) is 0 Å². The number of aryl methyl sites for hydroxylation is 1. The van der Waals surface area contributed by atoms with Crippen LogP contribution >= 0.6 is 0 Å². The summed E-state index contributed by atoms with van der Waals surface area (Å²) in [6.45, 7) is 5.53. The summed E-state index contributed by atoms with van der Waals surface area (Å²) in [6, 6.07) is 6.58. The molecule has 0 aliphatic carbocycles. The average molecular weight is 474 g/mol. The molecule has 2 aromatic rings. The number of carbonyl (C=O) groups excluding carboxylic acids is 4. The highest BCUT2D eigenvalue weighted by Gasteiger charge is 2.40. The van der Waals surface area contributed by atoms with E-state index < -0.39 is 40.1 Å². The number of non-ortho nitro benzene ring substituents is 1. The molecule has 11 nitrogen and oxygen atoms in total. The second-order valence-corrected chi connectivity index (χ2v) is 8.22. The number of hydrogen-bond donors (Lipinski definition) is 1. The van der Waals surface area contributed by atoms with E-state index >= 15 is 0 Å². The molecule has 0 bridgehead atoms. The second-order valence-electron chi connectivity index (χ2n) is 8.22. The first-order valence-corrected chi connectivity index (χ1v) is 10.4. The van der Waals surface area contributed by atoms with Crippen molar-refractivity contribution in [3.8, 4) is 5.75 Å². The zero-order valence-electron chi connectivity index (χ0n) is 19.3. The quantitative estimate of drug-likeness (QED) is 0.170. The number of rotatable bonds is 11. The van der Waals surface area contributed by atoms with Crippen LogP contribution in [0.15, 0.2) is 36.5 Å². The molecule has 0 fully saturated rings. The topological polar surface area (TPSA) is 155 Å². The van der Waals surface area contributed by atoms with Gasteiger partial charge < -0.3 is 19.2 Å². The molecule has 2 rings (SSSR count). The molecule has 1 aromatic carbocycles. The van der Waals surface area contributed by atoms with E-state index in [-0.39, 0.29) is 36.4 Å². The van der Waals surface area contributed by atoms with Gasteiger partial charge >= 0.3 is 17.9 Å². The molecule has 34 heavy (non-hydrogen) atoms. The number of H-pyrrole nitrogens is 1. The fraction of sp³-hybridized carbons (Fsp3) is 0.391. The Bertz CT molecular complexity index is 1070. The van der Waals surface area contributed by atoms with Gasteiger partial charge in [0.25, 0.3) is 5.69 Å². The van der Waals surface area contributed by atoms with Crippen LogP contribution in [0, 0.1) is 15.5 Å². The Morgan fingerprint density at radius 1 is 1.06 bits per heavy atom. The van der Waals surface area contributed by atoms with Gasteiger partial charge in [-0.1, -0.05) is 13.8 Å². The molecule has 1 atom stereocenters. The largest absolute Gasteiger partial charge is 0.465 e. The summed E-state index contributed by atoms with van der Waals surface area (Å²) < 4.78 is 15.5. The molecule has 0 aliphatic rings. The zero-order chi connectivity index (χ0) is 25.5. The van der Waals surface area contributed by atoms with Gasteiger partial charge in [0.2, 0.25) is 5.78 Å². The number of ketones is 1. The van der Waals surface area contributed by atoms with E-state index in [4.69, 9.17) is 14.2 Å². The van der Waals surface area contributed by atoms with Crippen LogP contribution in [0.3, 0.4) is 0 Å². The minimum atomic E-state index is -1.23. The van der Waals surface area contributed by atoms with Gasteiger partial charge in [-0.05, 0) is 24.6 Å². The first kappa shape index (κ1) is 26.2. The Hall–Kier alpha value is -4.02. The fourth-order valence-electron chi connectivity index (χ4n) is 3.13. The van der Waals surface area contributed by atoms with Crippen molar-refractivity contribution in [2.75, 3.05) is 6.61 Å². The van der Waals surface area contributed by atoms with Gasteiger partial charge in [0.1, 0.15) is 12.4 Å². The number of benzene rings is 1. The first-order chi connectivity index (χ1) is 15.9. The Morgan fingerprint density at radius 2 is 1.71 bits per heavy atom. The smallest absolute Gasteiger partial charge is 0.311 e. The third-order valence-electron chi connectivity index (χ3n) is 4.84. The summed E-state index contributed by atoms with van der Waals surface area (Å²) in [7, 11) is 0. The lowest BCUT2D eigenvalue weighted by atomic mass is 9.82. The number of hydrogen-bond acceptors (Lipinski definition) is 9. The predicted molar refractivity (Wildman–Crippen MR) is 118 cm³/mol. The van der Waals surface area contributed by atoms with E-state index in [2.05, 4.69) is 4.98 Å². The first-order valence-electron chi connectivity index (χ1n) is 10.4. The highest BCUT2D eigenvalue weighted by Crippen LogP contribution is 2.29. The lowest BCUT2D eigenvalue weighted by Crippen LogP contribution is -2.43. The van der Waals surface area contributed by atoms with E-state index in [9.17, 15) is 29.3 Å². The third-order valence-corrected chi connectivity index (χ3v) is 4.84. The molecule has 0 amide bonds. The number of aromatic nitrogens is 1. The molecular formula is C23H26N2O9. The lowest BCUT2D eigenvalue weighted by molar-refractivity contribution is -0.384. The summed E-state index contributed by atoms with van der Waals surface area (Å²) in [5.74, 6) is -2.16. The number of carbonyl (C=O) groups is 4. The Balaban J connectivity index is 2.10. The van der Waals surface area contributed by atoms with Crippen molar-refractivity contribution in [2.45, 2.75) is 46.6 Å². The van der Waals surface area contributed by atoms with Gasteiger partial charge in [-0.15, -0.1) is 0 Å². The van der Waals surface area contributed by atoms with Crippen molar-refractivity contribution in [3.63, 3.8) is 0 Å². The minimum Gasteiger partial charge on any atom is -0.465 e.